The zero-order chi connectivity index (χ0) is 21.3. The number of carbonyl (C=O) groups excluding carboxylic acids is 1. The number of halogens is 3. The van der Waals surface area contributed by atoms with E-state index in [2.05, 4.69) is 0 Å². The zero-order valence-electron chi connectivity index (χ0n) is 16.8. The summed E-state index contributed by atoms with van der Waals surface area (Å²) in [6.07, 6.45) is 6.23. The maximum Gasteiger partial charge on any atom is 0.270 e. The van der Waals surface area contributed by atoms with E-state index in [0.717, 1.165) is 24.1 Å². The first-order valence-electron chi connectivity index (χ1n) is 10.3. The van der Waals surface area contributed by atoms with Crippen LogP contribution in [0, 0.1) is 0 Å². The average molecular weight is 465 g/mol. The van der Waals surface area contributed by atoms with Crippen molar-refractivity contribution in [2.45, 2.75) is 50.6 Å². The molecular formula is C23H24Cl3N3O. The van der Waals surface area contributed by atoms with Crippen LogP contribution in [0.2, 0.25) is 15.1 Å². The number of carbonyl (C=O) groups is 1. The number of benzene rings is 2. The molecule has 0 radical (unpaired) electrons. The summed E-state index contributed by atoms with van der Waals surface area (Å²) in [5.74, 6) is -0.00607. The molecule has 2 aliphatic rings. The molecule has 1 unspecified atom stereocenters. The monoisotopic (exact) mass is 463 g/mol. The van der Waals surface area contributed by atoms with Crippen LogP contribution in [0.5, 0.6) is 0 Å². The van der Waals surface area contributed by atoms with Crippen molar-refractivity contribution in [1.82, 2.24) is 4.90 Å². The minimum Gasteiger partial charge on any atom is -0.338 e. The highest BCUT2D eigenvalue weighted by molar-refractivity contribution is 6.40. The topological polar surface area (TPSA) is 35.9 Å². The van der Waals surface area contributed by atoms with E-state index in [1.54, 1.807) is 12.1 Å². The molecule has 1 aliphatic carbocycles. The molecule has 1 heterocycles. The van der Waals surface area contributed by atoms with Crippen molar-refractivity contribution in [3.8, 4) is 0 Å². The first kappa shape index (κ1) is 21.5. The van der Waals surface area contributed by atoms with E-state index in [4.69, 9.17) is 39.9 Å². The van der Waals surface area contributed by atoms with E-state index < -0.39 is 0 Å². The second kappa shape index (κ2) is 9.17. The molecule has 0 saturated heterocycles. The zero-order valence-corrected chi connectivity index (χ0v) is 19.1. The van der Waals surface area contributed by atoms with Gasteiger partial charge in [0.1, 0.15) is 5.71 Å². The lowest BCUT2D eigenvalue weighted by Crippen LogP contribution is -2.41. The van der Waals surface area contributed by atoms with Gasteiger partial charge in [0.25, 0.3) is 5.91 Å². The van der Waals surface area contributed by atoms with Gasteiger partial charge in [-0.25, -0.2) is 0 Å². The third-order valence-corrected chi connectivity index (χ3v) is 6.80. The molecule has 30 heavy (non-hydrogen) atoms. The Kier molecular flexibility index (Phi) is 6.57. The molecule has 4 rings (SSSR count). The van der Waals surface area contributed by atoms with Gasteiger partial charge in [-0.2, -0.15) is 5.10 Å². The number of hydrogen-bond donors (Lipinski definition) is 0. The molecule has 2 aromatic carbocycles. The van der Waals surface area contributed by atoms with E-state index in [-0.39, 0.29) is 18.0 Å². The van der Waals surface area contributed by atoms with Crippen molar-refractivity contribution < 1.29 is 4.79 Å². The Morgan fingerprint density at radius 1 is 1.00 bits per heavy atom. The summed E-state index contributed by atoms with van der Waals surface area (Å²) in [5, 5.41) is 8.31. The fraction of sp³-hybridized carbons (Fsp3) is 0.391. The second-order valence-electron chi connectivity index (χ2n) is 7.97. The fourth-order valence-electron chi connectivity index (χ4n) is 4.31. The maximum absolute atomic E-state index is 13.3. The molecule has 1 amide bonds. The highest BCUT2D eigenvalue weighted by atomic mass is 35.5. The SMILES string of the molecule is CN(C(=O)C1=NN(c2ccc(Cl)cc2Cl)C(c2ccc(Cl)cc2)C1)C1CCCCC1. The lowest BCUT2D eigenvalue weighted by atomic mass is 9.94. The summed E-state index contributed by atoms with van der Waals surface area (Å²) >= 11 is 18.7. The highest BCUT2D eigenvalue weighted by Crippen LogP contribution is 2.40. The summed E-state index contributed by atoms with van der Waals surface area (Å²) in [5.41, 5.74) is 2.30. The first-order chi connectivity index (χ1) is 14.4. The number of hydrazone groups is 1. The molecular weight excluding hydrogens is 441 g/mol. The third-order valence-electron chi connectivity index (χ3n) is 6.01. The number of rotatable bonds is 4. The van der Waals surface area contributed by atoms with E-state index in [1.807, 2.05) is 47.3 Å². The minimum atomic E-state index is -0.139. The van der Waals surface area contributed by atoms with Gasteiger partial charge >= 0.3 is 0 Å². The van der Waals surface area contributed by atoms with Gasteiger partial charge in [-0.3, -0.25) is 9.80 Å². The summed E-state index contributed by atoms with van der Waals surface area (Å²) in [7, 11) is 1.90. The van der Waals surface area contributed by atoms with Crippen LogP contribution >= 0.6 is 34.8 Å². The summed E-state index contributed by atoms with van der Waals surface area (Å²) in [4.78, 5) is 15.2. The smallest absolute Gasteiger partial charge is 0.270 e. The number of amides is 1. The van der Waals surface area contributed by atoms with Gasteiger partial charge in [0.05, 0.1) is 16.8 Å². The standard InChI is InChI=1S/C23H24Cl3N3O/c1-28(18-5-3-2-4-6-18)23(30)20-14-22(15-7-9-16(24)10-8-15)29(27-20)21-12-11-17(25)13-19(21)26/h7-13,18,22H,2-6,14H2,1H3. The molecule has 0 aromatic heterocycles. The predicted molar refractivity (Wildman–Crippen MR) is 125 cm³/mol. The van der Waals surface area contributed by atoms with Crippen LogP contribution in [0.1, 0.15) is 50.1 Å². The van der Waals surface area contributed by atoms with Crippen molar-refractivity contribution in [2.24, 2.45) is 5.10 Å². The normalized spacial score (nSPS) is 19.7. The van der Waals surface area contributed by atoms with Gasteiger partial charge in [-0.05, 0) is 48.7 Å². The molecule has 2 aromatic rings. The molecule has 0 bridgehead atoms. The van der Waals surface area contributed by atoms with Crippen LogP contribution in [-0.2, 0) is 4.79 Å². The Bertz CT molecular complexity index is 955. The van der Waals surface area contributed by atoms with Crippen molar-refractivity contribution in [2.75, 3.05) is 12.1 Å². The molecule has 1 fully saturated rings. The molecule has 4 nitrogen and oxygen atoms in total. The molecule has 1 aliphatic heterocycles. The minimum absolute atomic E-state index is 0.00607. The van der Waals surface area contributed by atoms with Crippen molar-refractivity contribution in [3.63, 3.8) is 0 Å². The van der Waals surface area contributed by atoms with E-state index >= 15 is 0 Å². The van der Waals surface area contributed by atoms with Crippen LogP contribution in [-0.4, -0.2) is 29.6 Å². The Morgan fingerprint density at radius 2 is 1.67 bits per heavy atom. The van der Waals surface area contributed by atoms with Crippen LogP contribution in [0.3, 0.4) is 0 Å². The van der Waals surface area contributed by atoms with Crippen molar-refractivity contribution in [3.05, 3.63) is 63.1 Å². The summed E-state index contributed by atoms with van der Waals surface area (Å²) in [6, 6.07) is 13.1. The first-order valence-corrected chi connectivity index (χ1v) is 11.4. The molecule has 0 N–H and O–H groups in total. The van der Waals surface area contributed by atoms with Gasteiger partial charge in [-0.15, -0.1) is 0 Å². The average Bonchev–Trinajstić information content (AvgIpc) is 3.19. The lowest BCUT2D eigenvalue weighted by Gasteiger charge is -2.31. The molecule has 1 atom stereocenters. The third kappa shape index (κ3) is 4.46. The molecule has 7 heteroatoms. The van der Waals surface area contributed by atoms with Gasteiger partial charge in [0, 0.05) is 29.6 Å². The second-order valence-corrected chi connectivity index (χ2v) is 9.25. The van der Waals surface area contributed by atoms with Gasteiger partial charge in [0.2, 0.25) is 0 Å². The van der Waals surface area contributed by atoms with Crippen LogP contribution in [0.15, 0.2) is 47.6 Å². The fourth-order valence-corrected chi connectivity index (χ4v) is 4.93. The highest BCUT2D eigenvalue weighted by Gasteiger charge is 2.36. The summed E-state index contributed by atoms with van der Waals surface area (Å²) in [6.45, 7) is 0. The van der Waals surface area contributed by atoms with Crippen LogP contribution in [0.4, 0.5) is 5.69 Å². The van der Waals surface area contributed by atoms with Gasteiger partial charge < -0.3 is 4.90 Å². The van der Waals surface area contributed by atoms with E-state index in [9.17, 15) is 4.79 Å². The number of hydrogen-bond acceptors (Lipinski definition) is 3. The quantitative estimate of drug-likeness (QED) is 0.502. The Hall–Kier alpha value is -1.75. The Labute approximate surface area is 192 Å². The Balaban J connectivity index is 1.66. The molecule has 0 spiro atoms. The van der Waals surface area contributed by atoms with E-state index in [0.29, 0.717) is 27.2 Å². The number of nitrogens with zero attached hydrogens (tertiary/aromatic N) is 3. The largest absolute Gasteiger partial charge is 0.338 e. The predicted octanol–water partition coefficient (Wildman–Crippen LogP) is 6.75. The van der Waals surface area contributed by atoms with Crippen molar-refractivity contribution >= 4 is 52.1 Å². The number of anilines is 1. The van der Waals surface area contributed by atoms with Crippen LogP contribution < -0.4 is 5.01 Å². The van der Waals surface area contributed by atoms with Gasteiger partial charge in [0.15, 0.2) is 0 Å². The Morgan fingerprint density at radius 3 is 2.33 bits per heavy atom. The maximum atomic E-state index is 13.3. The van der Waals surface area contributed by atoms with E-state index in [1.165, 1.54) is 19.3 Å². The van der Waals surface area contributed by atoms with Crippen LogP contribution in [0.25, 0.3) is 0 Å². The molecule has 158 valence electrons. The van der Waals surface area contributed by atoms with Gasteiger partial charge in [-0.1, -0.05) is 66.2 Å². The lowest BCUT2D eigenvalue weighted by molar-refractivity contribution is -0.125. The van der Waals surface area contributed by atoms with Crippen molar-refractivity contribution in [1.29, 1.82) is 0 Å². The molecule has 1 saturated carbocycles. The summed E-state index contributed by atoms with van der Waals surface area (Å²) < 4.78 is 0.